The molecule has 0 radical (unpaired) electrons. The van der Waals surface area contributed by atoms with Gasteiger partial charge in [0.2, 0.25) is 10.0 Å². The Labute approximate surface area is 215 Å². The highest BCUT2D eigenvalue weighted by Crippen LogP contribution is 2.53. The molecule has 0 amide bonds. The molecule has 0 saturated carbocycles. The van der Waals surface area contributed by atoms with E-state index in [4.69, 9.17) is 10.5 Å². The third-order valence-electron chi connectivity index (χ3n) is 7.09. The lowest BCUT2D eigenvalue weighted by atomic mass is 9.68. The Bertz CT molecular complexity index is 974. The Morgan fingerprint density at radius 1 is 0.972 bits per heavy atom. The fraction of sp³-hybridized carbons (Fsp3) is 0.680. The highest BCUT2D eigenvalue weighted by atomic mass is 32.2. The van der Waals surface area contributed by atoms with Gasteiger partial charge in [-0.15, -0.1) is 0 Å². The first-order valence-electron chi connectivity index (χ1n) is 12.9. The number of nitrogens with one attached hydrogen (secondary N) is 4. The third-order valence-corrected chi connectivity index (χ3v) is 8.45. The van der Waals surface area contributed by atoms with Gasteiger partial charge in [0.05, 0.1) is 24.2 Å². The van der Waals surface area contributed by atoms with E-state index in [0.29, 0.717) is 31.0 Å². The van der Waals surface area contributed by atoms with Crippen LogP contribution in [0.3, 0.4) is 0 Å². The van der Waals surface area contributed by atoms with Gasteiger partial charge in [-0.1, -0.05) is 13.5 Å². The predicted octanol–water partition coefficient (Wildman–Crippen LogP) is 0.850. The second-order valence-corrected chi connectivity index (χ2v) is 11.6. The van der Waals surface area contributed by atoms with E-state index in [0.717, 1.165) is 57.5 Å². The second kappa shape index (κ2) is 13.6. The molecule has 1 aromatic carbocycles. The number of nitrogens with two attached hydrogens (primary N) is 1. The number of aromatic hydroxyl groups is 2. The molecule has 0 bridgehead atoms. The molecule has 204 valence electrons. The van der Waals surface area contributed by atoms with E-state index in [2.05, 4.69) is 27.3 Å². The Hall–Kier alpha value is -1.89. The van der Waals surface area contributed by atoms with Gasteiger partial charge in [0.15, 0.2) is 11.5 Å². The van der Waals surface area contributed by atoms with Crippen molar-refractivity contribution in [3.05, 3.63) is 35.6 Å². The van der Waals surface area contributed by atoms with Gasteiger partial charge < -0.3 is 36.6 Å². The molecule has 36 heavy (non-hydrogen) atoms. The molecule has 1 aliphatic carbocycles. The first-order chi connectivity index (χ1) is 17.2. The number of fused-ring (bicyclic) bond motifs is 2. The van der Waals surface area contributed by atoms with Crippen molar-refractivity contribution in [2.75, 3.05) is 58.2 Å². The fourth-order valence-corrected chi connectivity index (χ4v) is 6.40. The molecule has 3 rings (SSSR count). The zero-order valence-electron chi connectivity index (χ0n) is 21.3. The molecule has 1 heterocycles. The number of hydrogen-bond donors (Lipinski definition) is 7. The number of allylic oxidation sites excluding steroid dienone is 1. The zero-order chi connectivity index (χ0) is 26.1. The molecule has 1 aromatic rings. The van der Waals surface area contributed by atoms with Crippen molar-refractivity contribution in [1.82, 2.24) is 20.7 Å². The van der Waals surface area contributed by atoms with E-state index in [1.54, 1.807) is 0 Å². The van der Waals surface area contributed by atoms with Gasteiger partial charge in [0, 0.05) is 18.4 Å². The maximum Gasteiger partial charge on any atom is 0.213 e. The Kier molecular flexibility index (Phi) is 10.8. The number of benzene rings is 1. The van der Waals surface area contributed by atoms with Gasteiger partial charge in [-0.25, -0.2) is 13.1 Å². The number of hydrogen-bond acceptors (Lipinski definition) is 9. The summed E-state index contributed by atoms with van der Waals surface area (Å²) in [5, 5.41) is 30.1. The number of rotatable bonds is 16. The Balaban J connectivity index is 1.44. The van der Waals surface area contributed by atoms with E-state index < -0.39 is 16.1 Å². The van der Waals surface area contributed by atoms with Gasteiger partial charge >= 0.3 is 0 Å². The summed E-state index contributed by atoms with van der Waals surface area (Å²) in [5.41, 5.74) is 6.93. The molecule has 0 spiro atoms. The van der Waals surface area contributed by atoms with Crippen LogP contribution in [0.2, 0.25) is 0 Å². The number of ether oxygens (including phenoxy) is 1. The molecule has 0 aromatic heterocycles. The first kappa shape index (κ1) is 28.7. The molecule has 8 N–H and O–H groups in total. The molecule has 1 saturated heterocycles. The van der Waals surface area contributed by atoms with Crippen LogP contribution in [0.1, 0.15) is 49.3 Å². The zero-order valence-corrected chi connectivity index (χ0v) is 22.1. The Morgan fingerprint density at radius 3 is 2.14 bits per heavy atom. The van der Waals surface area contributed by atoms with Crippen molar-refractivity contribution in [3.8, 4) is 11.5 Å². The number of phenols is 2. The van der Waals surface area contributed by atoms with Crippen LogP contribution in [0.25, 0.3) is 0 Å². The van der Waals surface area contributed by atoms with Crippen LogP contribution in [-0.4, -0.2) is 76.8 Å². The lowest BCUT2D eigenvalue weighted by Crippen LogP contribution is -2.43. The molecule has 1 unspecified atom stereocenters. The average Bonchev–Trinajstić information content (AvgIpc) is 3.22. The van der Waals surface area contributed by atoms with Gasteiger partial charge in [0.1, 0.15) is 0 Å². The summed E-state index contributed by atoms with van der Waals surface area (Å²) < 4.78 is 34.5. The molecule has 1 aliphatic heterocycles. The van der Waals surface area contributed by atoms with E-state index >= 15 is 0 Å². The monoisotopic (exact) mass is 525 g/mol. The summed E-state index contributed by atoms with van der Waals surface area (Å²) in [6.45, 7) is 11.9. The summed E-state index contributed by atoms with van der Waals surface area (Å²) in [6.07, 6.45) is 2.97. The van der Waals surface area contributed by atoms with Crippen LogP contribution in [0.5, 0.6) is 11.5 Å². The molecular formula is C25H43N5O5S. The lowest BCUT2D eigenvalue weighted by Gasteiger charge is -2.38. The van der Waals surface area contributed by atoms with Crippen LogP contribution in [0.4, 0.5) is 0 Å². The summed E-state index contributed by atoms with van der Waals surface area (Å²) in [4.78, 5) is 0. The van der Waals surface area contributed by atoms with E-state index in [-0.39, 0.29) is 35.0 Å². The smallest absolute Gasteiger partial charge is 0.213 e. The maximum atomic E-state index is 13.0. The van der Waals surface area contributed by atoms with Crippen molar-refractivity contribution in [2.45, 2.75) is 38.1 Å². The quantitative estimate of drug-likeness (QED) is 0.123. The summed E-state index contributed by atoms with van der Waals surface area (Å²) >= 11 is 0. The number of sulfonamides is 1. The van der Waals surface area contributed by atoms with Gasteiger partial charge in [-0.3, -0.25) is 0 Å². The Morgan fingerprint density at radius 2 is 1.53 bits per heavy atom. The standard InChI is InChI=1S/C25H43N5O5S/c1-17-19-14-22(31)23(32)15-20(19)25(21-16-35-18(2)24(17)21)30-36(33,34)13-12-29-11-5-10-28-9-4-8-27-7-3-6-26/h14-15,17,21,24-25,27-32H,2-13,16,26H2,1H3/t17-,21+,24?,25-/m1/s1. The van der Waals surface area contributed by atoms with Crippen LogP contribution in [-0.2, 0) is 14.8 Å². The van der Waals surface area contributed by atoms with Crippen molar-refractivity contribution in [3.63, 3.8) is 0 Å². The van der Waals surface area contributed by atoms with E-state index in [1.165, 1.54) is 12.1 Å². The van der Waals surface area contributed by atoms with Gasteiger partial charge in [-0.2, -0.15) is 0 Å². The van der Waals surface area contributed by atoms with Crippen LogP contribution in [0, 0.1) is 11.8 Å². The van der Waals surface area contributed by atoms with Gasteiger partial charge in [-0.05, 0) is 87.7 Å². The van der Waals surface area contributed by atoms with E-state index in [1.807, 2.05) is 6.92 Å². The second-order valence-electron chi connectivity index (χ2n) is 9.74. The normalized spacial score (nSPS) is 23.3. The predicted molar refractivity (Wildman–Crippen MR) is 141 cm³/mol. The van der Waals surface area contributed by atoms with Crippen LogP contribution in [0.15, 0.2) is 24.5 Å². The largest absolute Gasteiger partial charge is 0.504 e. The van der Waals surface area contributed by atoms with E-state index in [9.17, 15) is 18.6 Å². The molecule has 10 nitrogen and oxygen atoms in total. The topological polar surface area (TPSA) is 158 Å². The van der Waals surface area contributed by atoms with Crippen LogP contribution < -0.4 is 26.4 Å². The summed E-state index contributed by atoms with van der Waals surface area (Å²) in [7, 11) is -3.61. The fourth-order valence-electron chi connectivity index (χ4n) is 5.18. The van der Waals surface area contributed by atoms with Gasteiger partial charge in [0.25, 0.3) is 0 Å². The van der Waals surface area contributed by atoms with Crippen molar-refractivity contribution in [1.29, 1.82) is 0 Å². The summed E-state index contributed by atoms with van der Waals surface area (Å²) in [6, 6.07) is 2.42. The molecular weight excluding hydrogens is 482 g/mol. The SMILES string of the molecule is C=C1OC[C@H]2C1[C@H](C)c1cc(O)c(O)cc1[C@H]2NS(=O)(=O)CCNCCCNCCCNCCCN. The summed E-state index contributed by atoms with van der Waals surface area (Å²) in [5.74, 6) is -0.125. The minimum Gasteiger partial charge on any atom is -0.504 e. The third kappa shape index (κ3) is 7.56. The minimum atomic E-state index is -3.61. The molecule has 11 heteroatoms. The highest BCUT2D eigenvalue weighted by molar-refractivity contribution is 7.89. The molecule has 2 aliphatic rings. The maximum absolute atomic E-state index is 13.0. The molecule has 4 atom stereocenters. The van der Waals surface area contributed by atoms with Crippen molar-refractivity contribution < 1.29 is 23.4 Å². The molecule has 1 fully saturated rings. The minimum absolute atomic E-state index is 0.0186. The van der Waals surface area contributed by atoms with Crippen molar-refractivity contribution in [2.24, 2.45) is 17.6 Å². The lowest BCUT2D eigenvalue weighted by molar-refractivity contribution is 0.223. The first-order valence-corrected chi connectivity index (χ1v) is 14.6. The highest BCUT2D eigenvalue weighted by Gasteiger charge is 2.48. The number of phenolic OH excluding ortho intramolecular Hbond substituents is 2. The van der Waals surface area contributed by atoms with Crippen LogP contribution >= 0.6 is 0 Å². The van der Waals surface area contributed by atoms with Crippen molar-refractivity contribution >= 4 is 10.0 Å². The average molecular weight is 526 g/mol.